The predicted molar refractivity (Wildman–Crippen MR) is 93.1 cm³/mol. The van der Waals surface area contributed by atoms with Gasteiger partial charge >= 0.3 is 0 Å². The Balaban J connectivity index is 1.58. The second kappa shape index (κ2) is 6.20. The Morgan fingerprint density at radius 2 is 2.08 bits per heavy atom. The fourth-order valence-electron chi connectivity index (χ4n) is 3.04. The summed E-state index contributed by atoms with van der Waals surface area (Å²) in [5, 5.41) is 5.12. The summed E-state index contributed by atoms with van der Waals surface area (Å²) in [5.74, 6) is 0. The van der Waals surface area contributed by atoms with E-state index in [1.807, 2.05) is 6.92 Å². The lowest BCUT2D eigenvalue weighted by atomic mass is 10.1. The van der Waals surface area contributed by atoms with Crippen molar-refractivity contribution in [2.24, 2.45) is 0 Å². The van der Waals surface area contributed by atoms with Gasteiger partial charge in [-0.25, -0.2) is 8.42 Å². The SMILES string of the molecule is Cc1coc2ccc(NS(=O)(=O)c3cnn(C4CCOCC4)c3)cc12. The van der Waals surface area contributed by atoms with Crippen molar-refractivity contribution in [2.75, 3.05) is 17.9 Å². The third kappa shape index (κ3) is 3.14. The number of hydrogen-bond donors (Lipinski definition) is 1. The number of aromatic nitrogens is 2. The molecule has 0 spiro atoms. The number of aryl methyl sites for hydroxylation is 1. The van der Waals surface area contributed by atoms with Crippen molar-refractivity contribution in [3.8, 4) is 0 Å². The zero-order chi connectivity index (χ0) is 17.4. The minimum atomic E-state index is -3.69. The van der Waals surface area contributed by atoms with Gasteiger partial charge in [-0.1, -0.05) is 0 Å². The molecule has 1 aliphatic rings. The van der Waals surface area contributed by atoms with Crippen molar-refractivity contribution in [3.05, 3.63) is 42.4 Å². The van der Waals surface area contributed by atoms with Crippen molar-refractivity contribution in [2.45, 2.75) is 30.7 Å². The van der Waals surface area contributed by atoms with E-state index in [-0.39, 0.29) is 10.9 Å². The molecular weight excluding hydrogens is 342 g/mol. The van der Waals surface area contributed by atoms with Crippen LogP contribution in [0.3, 0.4) is 0 Å². The summed E-state index contributed by atoms with van der Waals surface area (Å²) >= 11 is 0. The molecule has 3 aromatic rings. The number of furan rings is 1. The highest BCUT2D eigenvalue weighted by Crippen LogP contribution is 2.26. The topological polar surface area (TPSA) is 86.4 Å². The van der Waals surface area contributed by atoms with E-state index in [2.05, 4.69) is 9.82 Å². The maximum absolute atomic E-state index is 12.6. The van der Waals surface area contributed by atoms with E-state index < -0.39 is 10.0 Å². The van der Waals surface area contributed by atoms with Gasteiger partial charge < -0.3 is 9.15 Å². The third-order valence-corrected chi connectivity index (χ3v) is 5.81. The highest BCUT2D eigenvalue weighted by molar-refractivity contribution is 7.92. The molecule has 0 amide bonds. The first-order chi connectivity index (χ1) is 12.0. The summed E-state index contributed by atoms with van der Waals surface area (Å²) in [6, 6.07) is 5.40. The highest BCUT2D eigenvalue weighted by atomic mass is 32.2. The molecule has 2 aromatic heterocycles. The van der Waals surface area contributed by atoms with Crippen LogP contribution in [0.4, 0.5) is 5.69 Å². The lowest BCUT2D eigenvalue weighted by molar-refractivity contribution is 0.0662. The molecule has 0 radical (unpaired) electrons. The van der Waals surface area contributed by atoms with E-state index in [0.717, 1.165) is 29.4 Å². The molecule has 0 aliphatic carbocycles. The zero-order valence-corrected chi connectivity index (χ0v) is 14.6. The molecule has 1 aliphatic heterocycles. The van der Waals surface area contributed by atoms with Crippen LogP contribution in [0.15, 0.2) is 46.2 Å². The minimum Gasteiger partial charge on any atom is -0.464 e. The van der Waals surface area contributed by atoms with Crippen LogP contribution in [0, 0.1) is 6.92 Å². The molecule has 0 atom stereocenters. The van der Waals surface area contributed by atoms with Crippen LogP contribution in [0.1, 0.15) is 24.4 Å². The van der Waals surface area contributed by atoms with Crippen LogP contribution < -0.4 is 4.72 Å². The Hall–Kier alpha value is -2.32. The molecule has 1 fully saturated rings. The molecule has 3 heterocycles. The number of anilines is 1. The molecule has 1 N–H and O–H groups in total. The van der Waals surface area contributed by atoms with Gasteiger partial charge in [0.1, 0.15) is 10.5 Å². The lowest BCUT2D eigenvalue weighted by Gasteiger charge is -2.22. The molecule has 7 nitrogen and oxygen atoms in total. The van der Waals surface area contributed by atoms with E-state index in [0.29, 0.717) is 18.9 Å². The summed E-state index contributed by atoms with van der Waals surface area (Å²) in [7, 11) is -3.69. The molecule has 4 rings (SSSR count). The first-order valence-electron chi connectivity index (χ1n) is 8.15. The van der Waals surface area contributed by atoms with Gasteiger partial charge in [0.15, 0.2) is 0 Å². The van der Waals surface area contributed by atoms with Crippen LogP contribution >= 0.6 is 0 Å². The standard InChI is InChI=1S/C17H19N3O4S/c1-12-11-24-17-3-2-13(8-16(12)17)19-25(21,22)15-9-18-20(10-15)14-4-6-23-7-5-14/h2-3,8-11,14,19H,4-7H2,1H3. The van der Waals surface area contributed by atoms with Gasteiger partial charge in [0.25, 0.3) is 10.0 Å². The van der Waals surface area contributed by atoms with Crippen molar-refractivity contribution < 1.29 is 17.6 Å². The zero-order valence-electron chi connectivity index (χ0n) is 13.8. The van der Waals surface area contributed by atoms with Crippen LogP contribution in [-0.2, 0) is 14.8 Å². The summed E-state index contributed by atoms with van der Waals surface area (Å²) < 4.78 is 40.3. The normalized spacial score (nSPS) is 16.4. The first kappa shape index (κ1) is 16.2. The molecule has 1 aromatic carbocycles. The second-order valence-electron chi connectivity index (χ2n) is 6.23. The summed E-state index contributed by atoms with van der Waals surface area (Å²) in [5.41, 5.74) is 2.19. The number of hydrogen-bond acceptors (Lipinski definition) is 5. The van der Waals surface area contributed by atoms with Gasteiger partial charge in [-0.05, 0) is 43.5 Å². The number of nitrogens with one attached hydrogen (secondary N) is 1. The van der Waals surface area contributed by atoms with Gasteiger partial charge in [-0.3, -0.25) is 9.40 Å². The molecule has 0 unspecified atom stereocenters. The molecular formula is C17H19N3O4S. The Morgan fingerprint density at radius 3 is 2.88 bits per heavy atom. The van der Waals surface area contributed by atoms with E-state index in [4.69, 9.17) is 9.15 Å². The van der Waals surface area contributed by atoms with Crippen LogP contribution in [0.25, 0.3) is 11.0 Å². The number of ether oxygens (including phenoxy) is 1. The Bertz CT molecular complexity index is 1000. The fraction of sp³-hybridized carbons (Fsp3) is 0.353. The number of rotatable bonds is 4. The smallest absolute Gasteiger partial charge is 0.265 e. The van der Waals surface area contributed by atoms with Gasteiger partial charge in [0.2, 0.25) is 0 Å². The van der Waals surface area contributed by atoms with Gasteiger partial charge in [-0.2, -0.15) is 5.10 Å². The first-order valence-corrected chi connectivity index (χ1v) is 9.64. The van der Waals surface area contributed by atoms with Crippen molar-refractivity contribution >= 4 is 26.7 Å². The summed E-state index contributed by atoms with van der Waals surface area (Å²) in [6.07, 6.45) is 6.30. The maximum Gasteiger partial charge on any atom is 0.265 e. The average Bonchev–Trinajstić information content (AvgIpc) is 3.24. The van der Waals surface area contributed by atoms with Gasteiger partial charge in [-0.15, -0.1) is 0 Å². The minimum absolute atomic E-state index is 0.156. The fourth-order valence-corrected chi connectivity index (χ4v) is 4.03. The Kier molecular flexibility index (Phi) is 4.01. The molecule has 0 bridgehead atoms. The average molecular weight is 361 g/mol. The molecule has 8 heteroatoms. The second-order valence-corrected chi connectivity index (χ2v) is 7.92. The number of benzene rings is 1. The quantitative estimate of drug-likeness (QED) is 0.772. The summed E-state index contributed by atoms with van der Waals surface area (Å²) in [4.78, 5) is 0.156. The Labute approximate surface area is 145 Å². The number of fused-ring (bicyclic) bond motifs is 1. The van der Waals surface area contributed by atoms with E-state index >= 15 is 0 Å². The van der Waals surface area contributed by atoms with Crippen LogP contribution in [0.2, 0.25) is 0 Å². The van der Waals surface area contributed by atoms with Gasteiger partial charge in [0.05, 0.1) is 18.5 Å². The van der Waals surface area contributed by atoms with Crippen molar-refractivity contribution in [1.82, 2.24) is 9.78 Å². The molecule has 0 saturated carbocycles. The van der Waals surface area contributed by atoms with E-state index in [1.165, 1.54) is 6.20 Å². The summed E-state index contributed by atoms with van der Waals surface area (Å²) in [6.45, 7) is 3.27. The van der Waals surface area contributed by atoms with Crippen molar-refractivity contribution in [3.63, 3.8) is 0 Å². The predicted octanol–water partition coefficient (Wildman–Crippen LogP) is 3.09. The highest BCUT2D eigenvalue weighted by Gasteiger charge is 2.21. The van der Waals surface area contributed by atoms with Crippen LogP contribution in [0.5, 0.6) is 0 Å². The maximum atomic E-state index is 12.6. The molecule has 132 valence electrons. The lowest BCUT2D eigenvalue weighted by Crippen LogP contribution is -2.20. The monoisotopic (exact) mass is 361 g/mol. The van der Waals surface area contributed by atoms with Crippen LogP contribution in [-0.4, -0.2) is 31.4 Å². The van der Waals surface area contributed by atoms with E-state index in [9.17, 15) is 8.42 Å². The number of sulfonamides is 1. The molecule has 25 heavy (non-hydrogen) atoms. The Morgan fingerprint density at radius 1 is 1.28 bits per heavy atom. The van der Waals surface area contributed by atoms with Crippen molar-refractivity contribution in [1.29, 1.82) is 0 Å². The number of nitrogens with zero attached hydrogens (tertiary/aromatic N) is 2. The third-order valence-electron chi connectivity index (χ3n) is 4.47. The van der Waals surface area contributed by atoms with E-state index in [1.54, 1.807) is 35.3 Å². The molecule has 1 saturated heterocycles. The van der Waals surface area contributed by atoms with Gasteiger partial charge in [0, 0.05) is 30.5 Å². The largest absolute Gasteiger partial charge is 0.464 e.